The second-order valence-corrected chi connectivity index (χ2v) is 32.9. The third-order valence-electron chi connectivity index (χ3n) is 19.5. The standard InChI is InChI=1S/C83H164N4O17P2/c1-7-13-19-25-29-33-35-39-41-47-53-59-79(88)86-75(71-97-67-63-77(57-51-45-23-17-11-5)103-81(90)61-55-49-43-37-31-27-21-15-9-3)73-101-105(93,94)99-69-65-84-83(92)85-66-70-100-106(95,96)102-74-76(87-80(89)60-54-48-42-40-36-34-30-26-20-14-8-2)72-98-68-64-78(58-52-46-24-18-12-6)104-82(91)62-56-50-44-38-32-28-22-16-10-4/h75-78H,7-74H2,1-6H3,(H,86,88)(H,87,89)(H,93,94)(H,95,96)(H2,84,85,92)/t75-,76+,77-,78-/m1/s1. The van der Waals surface area contributed by atoms with Crippen molar-refractivity contribution >= 4 is 45.4 Å². The third-order valence-corrected chi connectivity index (χ3v) is 21.5. The van der Waals surface area contributed by atoms with Gasteiger partial charge >= 0.3 is 33.6 Å². The molecule has 0 aliphatic carbocycles. The smallest absolute Gasteiger partial charge is 0.462 e. The van der Waals surface area contributed by atoms with Crippen molar-refractivity contribution in [1.82, 2.24) is 21.3 Å². The Bertz CT molecular complexity index is 1960. The highest BCUT2D eigenvalue weighted by molar-refractivity contribution is 7.47. The largest absolute Gasteiger partial charge is 0.472 e. The van der Waals surface area contributed by atoms with Gasteiger partial charge in [0.1, 0.15) is 12.2 Å². The number of unbranched alkanes of at least 4 members (excludes halogenated alkanes) is 44. The third kappa shape index (κ3) is 74.1. The van der Waals surface area contributed by atoms with E-state index < -0.39 is 60.2 Å². The minimum atomic E-state index is -4.70. The van der Waals surface area contributed by atoms with Gasteiger partial charge in [-0.25, -0.2) is 13.9 Å². The molecular weight excluding hydrogens is 1390 g/mol. The van der Waals surface area contributed by atoms with E-state index in [4.69, 9.17) is 37.0 Å². The molecule has 2 unspecified atom stereocenters. The van der Waals surface area contributed by atoms with E-state index in [1.807, 2.05) is 0 Å². The van der Waals surface area contributed by atoms with Crippen molar-refractivity contribution in [2.24, 2.45) is 0 Å². The van der Waals surface area contributed by atoms with Crippen LogP contribution in [0.5, 0.6) is 0 Å². The summed E-state index contributed by atoms with van der Waals surface area (Å²) in [5, 5.41) is 10.8. The Morgan fingerprint density at radius 3 is 0.811 bits per heavy atom. The Morgan fingerprint density at radius 2 is 0.538 bits per heavy atom. The van der Waals surface area contributed by atoms with E-state index in [2.05, 4.69) is 62.8 Å². The predicted molar refractivity (Wildman–Crippen MR) is 432 cm³/mol. The van der Waals surface area contributed by atoms with Gasteiger partial charge in [0.25, 0.3) is 0 Å². The molecule has 0 aromatic rings. The quantitative estimate of drug-likeness (QED) is 0.0187. The predicted octanol–water partition coefficient (Wildman–Crippen LogP) is 22.1. The second kappa shape index (κ2) is 77.6. The number of hydrogen-bond donors (Lipinski definition) is 6. The number of phosphoric ester groups is 2. The molecule has 0 bridgehead atoms. The molecule has 0 aromatic carbocycles. The van der Waals surface area contributed by atoms with Gasteiger partial charge in [-0.05, 0) is 51.4 Å². The van der Waals surface area contributed by atoms with Crippen LogP contribution < -0.4 is 21.3 Å². The maximum absolute atomic E-state index is 13.3. The summed E-state index contributed by atoms with van der Waals surface area (Å²) in [5.74, 6) is -0.846. The zero-order chi connectivity index (χ0) is 77.8. The van der Waals surface area contributed by atoms with Gasteiger partial charge in [-0.1, -0.05) is 324 Å². The number of esters is 2. The molecule has 23 heteroatoms. The van der Waals surface area contributed by atoms with Crippen molar-refractivity contribution in [3.05, 3.63) is 0 Å². The number of urea groups is 1. The van der Waals surface area contributed by atoms with Crippen LogP contribution >= 0.6 is 15.6 Å². The first-order chi connectivity index (χ1) is 51.5. The molecule has 6 atom stereocenters. The molecule has 0 rings (SSSR count). The molecule has 0 saturated carbocycles. The first-order valence-corrected chi connectivity index (χ1v) is 46.9. The topological polar surface area (TPSA) is 282 Å². The maximum Gasteiger partial charge on any atom is 0.472 e. The fourth-order valence-electron chi connectivity index (χ4n) is 12.9. The Morgan fingerprint density at radius 1 is 0.292 bits per heavy atom. The number of carbonyl (C=O) groups is 5. The van der Waals surface area contributed by atoms with Crippen LogP contribution in [0.4, 0.5) is 4.79 Å². The molecule has 0 aliphatic heterocycles. The van der Waals surface area contributed by atoms with Crippen LogP contribution in [-0.4, -0.2) is 130 Å². The summed E-state index contributed by atoms with van der Waals surface area (Å²) in [7, 11) is -9.41. The van der Waals surface area contributed by atoms with E-state index in [0.29, 0.717) is 38.5 Å². The van der Waals surface area contributed by atoms with Crippen LogP contribution in [0.15, 0.2) is 0 Å². The van der Waals surface area contributed by atoms with Crippen molar-refractivity contribution in [3.63, 3.8) is 0 Å². The molecule has 0 saturated heterocycles. The van der Waals surface area contributed by atoms with Crippen LogP contribution in [0.3, 0.4) is 0 Å². The summed E-state index contributed by atoms with van der Waals surface area (Å²) in [5.41, 5.74) is 0. The van der Waals surface area contributed by atoms with E-state index in [-0.39, 0.29) is 88.3 Å². The number of nitrogens with one attached hydrogen (secondary N) is 4. The minimum Gasteiger partial charge on any atom is -0.462 e. The highest BCUT2D eigenvalue weighted by Gasteiger charge is 2.27. The first kappa shape index (κ1) is 103. The van der Waals surface area contributed by atoms with Crippen LogP contribution in [0.1, 0.15) is 414 Å². The van der Waals surface area contributed by atoms with E-state index in [1.54, 1.807) is 0 Å². The average molecular weight is 1550 g/mol. The van der Waals surface area contributed by atoms with Crippen molar-refractivity contribution in [1.29, 1.82) is 0 Å². The number of amides is 4. The molecule has 0 aromatic heterocycles. The summed E-state index contributed by atoms with van der Waals surface area (Å²) >= 11 is 0. The van der Waals surface area contributed by atoms with Gasteiger partial charge in [-0.2, -0.15) is 0 Å². The summed E-state index contributed by atoms with van der Waals surface area (Å²) in [6, 6.07) is -2.32. The summed E-state index contributed by atoms with van der Waals surface area (Å²) in [6.07, 6.45) is 59.9. The molecule has 0 radical (unpaired) electrons. The number of carbonyl (C=O) groups excluding carboxylic acids is 5. The molecule has 0 fully saturated rings. The van der Waals surface area contributed by atoms with Crippen molar-refractivity contribution < 1.29 is 79.9 Å². The Kier molecular flexibility index (Phi) is 75.6. The lowest BCUT2D eigenvalue weighted by Gasteiger charge is -2.22. The lowest BCUT2D eigenvalue weighted by Crippen LogP contribution is -2.41. The van der Waals surface area contributed by atoms with Crippen LogP contribution in [0.25, 0.3) is 0 Å². The van der Waals surface area contributed by atoms with E-state index in [1.165, 1.54) is 167 Å². The Hall–Kier alpha value is -2.71. The number of rotatable bonds is 84. The molecule has 628 valence electrons. The zero-order valence-electron chi connectivity index (χ0n) is 68.8. The van der Waals surface area contributed by atoms with Gasteiger partial charge in [-0.15, -0.1) is 0 Å². The molecule has 6 N–H and O–H groups in total. The van der Waals surface area contributed by atoms with Gasteiger partial charge in [-0.3, -0.25) is 37.3 Å². The molecular formula is C83H164N4O17P2. The molecule has 0 spiro atoms. The highest BCUT2D eigenvalue weighted by atomic mass is 31.2. The van der Waals surface area contributed by atoms with Crippen molar-refractivity contribution in [2.75, 3.05) is 65.9 Å². The molecule has 106 heavy (non-hydrogen) atoms. The molecule has 0 heterocycles. The molecule has 21 nitrogen and oxygen atoms in total. The highest BCUT2D eigenvalue weighted by Crippen LogP contribution is 2.44. The lowest BCUT2D eigenvalue weighted by molar-refractivity contribution is -0.151. The first-order valence-electron chi connectivity index (χ1n) is 43.9. The van der Waals surface area contributed by atoms with Crippen molar-refractivity contribution in [2.45, 2.75) is 438 Å². The zero-order valence-corrected chi connectivity index (χ0v) is 70.6. The fourth-order valence-corrected chi connectivity index (χ4v) is 14.5. The number of phosphoric acid groups is 2. The van der Waals surface area contributed by atoms with E-state index in [0.717, 1.165) is 154 Å². The Labute approximate surface area is 647 Å². The summed E-state index contributed by atoms with van der Waals surface area (Å²) in [6.45, 7) is 11.6. The average Bonchev–Trinajstić information content (AvgIpc) is 0.919. The second-order valence-electron chi connectivity index (χ2n) is 30.0. The van der Waals surface area contributed by atoms with Gasteiger partial charge in [0.15, 0.2) is 0 Å². The van der Waals surface area contributed by atoms with Gasteiger partial charge in [0, 0.05) is 51.6 Å². The monoisotopic (exact) mass is 1550 g/mol. The van der Waals surface area contributed by atoms with Crippen LogP contribution in [-0.2, 0) is 65.4 Å². The molecule has 0 aliphatic rings. The normalized spacial score (nSPS) is 13.9. The van der Waals surface area contributed by atoms with Gasteiger partial charge in [0.2, 0.25) is 11.8 Å². The van der Waals surface area contributed by atoms with Gasteiger partial charge in [0.05, 0.1) is 64.9 Å². The minimum absolute atomic E-state index is 0.0302. The molecule has 4 amide bonds. The maximum atomic E-state index is 13.3. The fraction of sp³-hybridized carbons (Fsp3) is 0.940. The van der Waals surface area contributed by atoms with E-state index in [9.17, 15) is 42.9 Å². The SMILES string of the molecule is CCCCCCCCCCCCCC(=O)N[C@H](COCC[C@@H](CCCCCCC)OC(=O)CCCCCCCCCCC)COP(=O)(O)OCCNC(=O)NCCOP(=O)(O)OC[C@H](COCC[C@@H](CCCCCCC)OC(=O)CCCCCCCCCCC)NC(=O)CCCCCCCCCCCCC. The lowest BCUT2D eigenvalue weighted by atomic mass is 10.1. The summed E-state index contributed by atoms with van der Waals surface area (Å²) in [4.78, 5) is 86.8. The Balaban J connectivity index is 5.56. The van der Waals surface area contributed by atoms with Crippen LogP contribution in [0.2, 0.25) is 0 Å². The number of ether oxygens (including phenoxy) is 4. The van der Waals surface area contributed by atoms with Crippen molar-refractivity contribution in [3.8, 4) is 0 Å². The summed E-state index contributed by atoms with van der Waals surface area (Å²) < 4.78 is 71.7. The van der Waals surface area contributed by atoms with Gasteiger partial charge < -0.3 is 50.0 Å². The number of hydrogen-bond acceptors (Lipinski definition) is 15. The van der Waals surface area contributed by atoms with E-state index >= 15 is 0 Å². The van der Waals surface area contributed by atoms with Crippen LogP contribution in [0, 0.1) is 0 Å².